The van der Waals surface area contributed by atoms with Crippen LogP contribution in [0.3, 0.4) is 0 Å². The molecule has 0 spiro atoms. The highest BCUT2D eigenvalue weighted by atomic mass is 35.5. The van der Waals surface area contributed by atoms with E-state index in [1.807, 2.05) is 6.07 Å². The van der Waals surface area contributed by atoms with E-state index in [1.165, 1.54) is 0 Å². The summed E-state index contributed by atoms with van der Waals surface area (Å²) in [7, 11) is 1.59. The predicted octanol–water partition coefficient (Wildman–Crippen LogP) is 3.06. The first-order valence-electron chi connectivity index (χ1n) is 6.54. The van der Waals surface area contributed by atoms with Crippen LogP contribution in [0.1, 0.15) is 12.0 Å². The number of anilines is 1. The molecule has 0 aliphatic carbocycles. The molecule has 0 saturated carbocycles. The summed E-state index contributed by atoms with van der Waals surface area (Å²) in [6, 6.07) is 7.12. The molecule has 0 saturated heterocycles. The monoisotopic (exact) mass is 308 g/mol. The third kappa shape index (κ3) is 4.72. The maximum absolute atomic E-state index is 11.7. The van der Waals surface area contributed by atoms with Gasteiger partial charge in [-0.3, -0.25) is 4.79 Å². The van der Waals surface area contributed by atoms with E-state index in [0.717, 1.165) is 11.3 Å². The van der Waals surface area contributed by atoms with Crippen LogP contribution < -0.4 is 15.4 Å². The van der Waals surface area contributed by atoms with Gasteiger partial charge in [0.15, 0.2) is 0 Å². The van der Waals surface area contributed by atoms with Crippen LogP contribution in [0.25, 0.3) is 0 Å². The van der Waals surface area contributed by atoms with Gasteiger partial charge in [0.1, 0.15) is 5.75 Å². The molecule has 0 atom stereocenters. The van der Waals surface area contributed by atoms with E-state index in [4.69, 9.17) is 20.8 Å². The number of halogens is 1. The Morgan fingerprint density at radius 3 is 2.95 bits per heavy atom. The zero-order valence-corrected chi connectivity index (χ0v) is 12.4. The molecule has 21 heavy (non-hydrogen) atoms. The normalized spacial score (nSPS) is 10.2. The Bertz CT molecular complexity index is 585. The number of rotatable bonds is 7. The molecular weight excluding hydrogens is 292 g/mol. The van der Waals surface area contributed by atoms with E-state index in [1.54, 1.807) is 37.8 Å². The molecule has 0 aliphatic heterocycles. The number of methoxy groups -OCH3 is 1. The van der Waals surface area contributed by atoms with Crippen LogP contribution in [0.15, 0.2) is 41.2 Å². The lowest BCUT2D eigenvalue weighted by Crippen LogP contribution is -2.24. The smallest absolute Gasteiger partial charge is 0.222 e. The maximum Gasteiger partial charge on any atom is 0.222 e. The molecule has 112 valence electrons. The quantitative estimate of drug-likeness (QED) is 0.825. The van der Waals surface area contributed by atoms with Gasteiger partial charge in [0.25, 0.3) is 0 Å². The van der Waals surface area contributed by atoms with Crippen LogP contribution in [0.4, 0.5) is 5.69 Å². The third-order valence-electron chi connectivity index (χ3n) is 2.90. The lowest BCUT2D eigenvalue weighted by atomic mass is 10.2. The molecule has 2 N–H and O–H groups in total. The molecule has 1 aromatic heterocycles. The summed E-state index contributed by atoms with van der Waals surface area (Å²) in [5, 5.41) is 6.57. The molecule has 5 nitrogen and oxygen atoms in total. The van der Waals surface area contributed by atoms with Crippen molar-refractivity contribution in [2.75, 3.05) is 19.0 Å². The predicted molar refractivity (Wildman–Crippen MR) is 81.7 cm³/mol. The van der Waals surface area contributed by atoms with E-state index < -0.39 is 0 Å². The molecule has 0 aliphatic rings. The molecular formula is C15H17ClN2O3. The van der Waals surface area contributed by atoms with Crippen molar-refractivity contribution in [3.63, 3.8) is 0 Å². The van der Waals surface area contributed by atoms with Crippen LogP contribution in [0, 0.1) is 0 Å². The van der Waals surface area contributed by atoms with Crippen molar-refractivity contribution in [1.82, 2.24) is 5.32 Å². The van der Waals surface area contributed by atoms with Crippen LogP contribution in [0.2, 0.25) is 5.02 Å². The zero-order valence-electron chi connectivity index (χ0n) is 11.7. The van der Waals surface area contributed by atoms with Gasteiger partial charge in [0.05, 0.1) is 25.3 Å². The van der Waals surface area contributed by atoms with Crippen LogP contribution in [-0.2, 0) is 11.3 Å². The first kappa shape index (κ1) is 15.3. The molecule has 1 amide bonds. The van der Waals surface area contributed by atoms with Crippen molar-refractivity contribution in [1.29, 1.82) is 0 Å². The highest BCUT2D eigenvalue weighted by Crippen LogP contribution is 2.27. The van der Waals surface area contributed by atoms with Crippen molar-refractivity contribution in [2.45, 2.75) is 13.0 Å². The standard InChI is InChI=1S/C15H17ClN2O3/c1-20-14-3-2-12(16)8-13(14)17-6-4-15(19)18-9-11-5-7-21-10-11/h2-3,5,7-8,10,17H,4,6,9H2,1H3,(H,18,19). The van der Waals surface area contributed by atoms with Gasteiger partial charge in [-0.05, 0) is 24.3 Å². The number of carbonyl (C=O) groups excluding carboxylic acids is 1. The van der Waals surface area contributed by atoms with Crippen molar-refractivity contribution < 1.29 is 13.9 Å². The third-order valence-corrected chi connectivity index (χ3v) is 3.13. The highest BCUT2D eigenvalue weighted by molar-refractivity contribution is 6.30. The van der Waals surface area contributed by atoms with Gasteiger partial charge in [-0.2, -0.15) is 0 Å². The number of furan rings is 1. The highest BCUT2D eigenvalue weighted by Gasteiger charge is 2.05. The fourth-order valence-corrected chi connectivity index (χ4v) is 1.98. The Kier molecular flexibility index (Phi) is 5.51. The lowest BCUT2D eigenvalue weighted by molar-refractivity contribution is -0.121. The zero-order chi connectivity index (χ0) is 15.1. The Balaban J connectivity index is 1.76. The summed E-state index contributed by atoms with van der Waals surface area (Å²) in [6.45, 7) is 0.962. The fourth-order valence-electron chi connectivity index (χ4n) is 1.81. The number of carbonyl (C=O) groups is 1. The summed E-state index contributed by atoms with van der Waals surface area (Å²) in [6.07, 6.45) is 3.54. The number of ether oxygens (including phenoxy) is 1. The summed E-state index contributed by atoms with van der Waals surface area (Å²) in [5.41, 5.74) is 1.71. The average Bonchev–Trinajstić information content (AvgIpc) is 2.99. The Hall–Kier alpha value is -2.14. The maximum atomic E-state index is 11.7. The molecule has 2 aromatic rings. The van der Waals surface area contributed by atoms with Gasteiger partial charge >= 0.3 is 0 Å². The first-order valence-corrected chi connectivity index (χ1v) is 6.92. The Labute approximate surface area is 128 Å². The van der Waals surface area contributed by atoms with E-state index in [-0.39, 0.29) is 5.91 Å². The minimum atomic E-state index is -0.0373. The average molecular weight is 309 g/mol. The Morgan fingerprint density at radius 2 is 2.24 bits per heavy atom. The number of benzene rings is 1. The molecule has 1 heterocycles. The van der Waals surface area contributed by atoms with Crippen LogP contribution in [-0.4, -0.2) is 19.6 Å². The van der Waals surface area contributed by atoms with Crippen LogP contribution in [0.5, 0.6) is 5.75 Å². The Morgan fingerprint density at radius 1 is 1.38 bits per heavy atom. The van der Waals surface area contributed by atoms with Crippen molar-refractivity contribution >= 4 is 23.2 Å². The molecule has 0 unspecified atom stereocenters. The van der Waals surface area contributed by atoms with Crippen molar-refractivity contribution in [3.8, 4) is 5.75 Å². The second kappa shape index (κ2) is 7.59. The van der Waals surface area contributed by atoms with E-state index in [9.17, 15) is 4.79 Å². The van der Waals surface area contributed by atoms with E-state index in [2.05, 4.69) is 10.6 Å². The fraction of sp³-hybridized carbons (Fsp3) is 0.267. The number of amides is 1. The second-order valence-electron chi connectivity index (χ2n) is 4.43. The molecule has 0 radical (unpaired) electrons. The second-order valence-corrected chi connectivity index (χ2v) is 4.87. The number of hydrogen-bond acceptors (Lipinski definition) is 4. The molecule has 1 aromatic carbocycles. The SMILES string of the molecule is COc1ccc(Cl)cc1NCCC(=O)NCc1ccoc1. The topological polar surface area (TPSA) is 63.5 Å². The largest absolute Gasteiger partial charge is 0.495 e. The number of hydrogen-bond donors (Lipinski definition) is 2. The lowest BCUT2D eigenvalue weighted by Gasteiger charge is -2.11. The summed E-state index contributed by atoms with van der Waals surface area (Å²) >= 11 is 5.94. The van der Waals surface area contributed by atoms with E-state index >= 15 is 0 Å². The molecule has 0 fully saturated rings. The summed E-state index contributed by atoms with van der Waals surface area (Å²) in [5.74, 6) is 0.655. The van der Waals surface area contributed by atoms with Gasteiger partial charge in [-0.1, -0.05) is 11.6 Å². The first-order chi connectivity index (χ1) is 10.2. The number of nitrogens with one attached hydrogen (secondary N) is 2. The molecule has 0 bridgehead atoms. The van der Waals surface area contributed by atoms with E-state index in [0.29, 0.717) is 30.3 Å². The van der Waals surface area contributed by atoms with Crippen LogP contribution >= 0.6 is 11.6 Å². The van der Waals surface area contributed by atoms with Crippen molar-refractivity contribution in [3.05, 3.63) is 47.4 Å². The molecule has 2 rings (SSSR count). The van der Waals surface area contributed by atoms with Gasteiger partial charge in [-0.25, -0.2) is 0 Å². The van der Waals surface area contributed by atoms with Crippen molar-refractivity contribution in [2.24, 2.45) is 0 Å². The van der Waals surface area contributed by atoms with Gasteiger partial charge in [0.2, 0.25) is 5.91 Å². The minimum Gasteiger partial charge on any atom is -0.495 e. The van der Waals surface area contributed by atoms with Gasteiger partial charge in [-0.15, -0.1) is 0 Å². The van der Waals surface area contributed by atoms with Gasteiger partial charge in [0, 0.05) is 30.1 Å². The summed E-state index contributed by atoms with van der Waals surface area (Å²) < 4.78 is 10.2. The minimum absolute atomic E-state index is 0.0373. The molecule has 6 heteroatoms. The van der Waals surface area contributed by atoms with Gasteiger partial charge < -0.3 is 19.8 Å². The summed E-state index contributed by atoms with van der Waals surface area (Å²) in [4.78, 5) is 11.7.